The van der Waals surface area contributed by atoms with Crippen LogP contribution in [0.15, 0.2) is 12.3 Å². The molecule has 4 nitrogen and oxygen atoms in total. The topological polar surface area (TPSA) is 31.4 Å². The third kappa shape index (κ3) is 4.83. The number of rotatable bonds is 6. The van der Waals surface area contributed by atoms with Gasteiger partial charge in [-0.2, -0.15) is 0 Å². The SMILES string of the molecule is CCN1CCN(c2cc(CNCC(C)C)c(Cl)cn2)CC1. The van der Waals surface area contributed by atoms with Crippen LogP contribution in [-0.2, 0) is 6.54 Å². The summed E-state index contributed by atoms with van der Waals surface area (Å²) in [6, 6.07) is 2.14. The van der Waals surface area contributed by atoms with Gasteiger partial charge in [0.25, 0.3) is 0 Å². The fourth-order valence-corrected chi connectivity index (χ4v) is 2.74. The summed E-state index contributed by atoms with van der Waals surface area (Å²) < 4.78 is 0. The molecule has 1 fully saturated rings. The maximum Gasteiger partial charge on any atom is 0.128 e. The van der Waals surface area contributed by atoms with Gasteiger partial charge in [-0.1, -0.05) is 32.4 Å². The maximum atomic E-state index is 6.27. The molecule has 2 heterocycles. The molecule has 1 saturated heterocycles. The summed E-state index contributed by atoms with van der Waals surface area (Å²) in [6.07, 6.45) is 1.79. The Labute approximate surface area is 133 Å². The van der Waals surface area contributed by atoms with Gasteiger partial charge in [-0.25, -0.2) is 4.98 Å². The molecule has 1 aromatic rings. The molecule has 1 aliphatic heterocycles. The molecule has 1 aliphatic rings. The highest BCUT2D eigenvalue weighted by molar-refractivity contribution is 6.31. The lowest BCUT2D eigenvalue weighted by Gasteiger charge is -2.35. The first-order valence-corrected chi connectivity index (χ1v) is 8.30. The summed E-state index contributed by atoms with van der Waals surface area (Å²) in [6.45, 7) is 13.9. The summed E-state index contributed by atoms with van der Waals surface area (Å²) in [4.78, 5) is 9.33. The molecule has 5 heteroatoms. The lowest BCUT2D eigenvalue weighted by Crippen LogP contribution is -2.46. The number of aromatic nitrogens is 1. The van der Waals surface area contributed by atoms with Gasteiger partial charge in [0.05, 0.1) is 5.02 Å². The highest BCUT2D eigenvalue weighted by Gasteiger charge is 2.17. The predicted molar refractivity (Wildman–Crippen MR) is 90.1 cm³/mol. The molecule has 0 spiro atoms. The Morgan fingerprint density at radius 1 is 1.29 bits per heavy atom. The van der Waals surface area contributed by atoms with Crippen LogP contribution in [0.25, 0.3) is 0 Å². The van der Waals surface area contributed by atoms with E-state index in [1.807, 2.05) is 0 Å². The summed E-state index contributed by atoms with van der Waals surface area (Å²) in [5.41, 5.74) is 1.14. The molecule has 0 aromatic carbocycles. The quantitative estimate of drug-likeness (QED) is 0.875. The molecule has 0 saturated carbocycles. The minimum Gasteiger partial charge on any atom is -0.354 e. The van der Waals surface area contributed by atoms with Gasteiger partial charge >= 0.3 is 0 Å². The van der Waals surface area contributed by atoms with Gasteiger partial charge in [0.15, 0.2) is 0 Å². The van der Waals surface area contributed by atoms with Crippen LogP contribution >= 0.6 is 11.6 Å². The molecule has 0 amide bonds. The van der Waals surface area contributed by atoms with Crippen molar-refractivity contribution in [2.75, 3.05) is 44.2 Å². The van der Waals surface area contributed by atoms with E-state index in [0.717, 1.165) is 62.2 Å². The first-order chi connectivity index (χ1) is 10.1. The smallest absolute Gasteiger partial charge is 0.128 e. The fraction of sp³-hybridized carbons (Fsp3) is 0.688. The first-order valence-electron chi connectivity index (χ1n) is 7.92. The van der Waals surface area contributed by atoms with E-state index in [0.29, 0.717) is 5.92 Å². The Kier molecular flexibility index (Phi) is 6.27. The van der Waals surface area contributed by atoms with Crippen LogP contribution in [0.2, 0.25) is 5.02 Å². The van der Waals surface area contributed by atoms with Crippen LogP contribution in [0.5, 0.6) is 0 Å². The second-order valence-corrected chi connectivity index (χ2v) is 6.49. The van der Waals surface area contributed by atoms with Crippen LogP contribution in [0.3, 0.4) is 0 Å². The standard InChI is InChI=1S/C16H27ClN4/c1-4-20-5-7-21(8-6-20)16-9-14(15(17)12-19-16)11-18-10-13(2)3/h9,12-13,18H,4-8,10-11H2,1-3H3. The van der Waals surface area contributed by atoms with Gasteiger partial charge < -0.3 is 15.1 Å². The van der Waals surface area contributed by atoms with E-state index >= 15 is 0 Å². The van der Waals surface area contributed by atoms with Crippen molar-refractivity contribution in [3.63, 3.8) is 0 Å². The number of piperazine rings is 1. The molecule has 0 radical (unpaired) electrons. The highest BCUT2D eigenvalue weighted by atomic mass is 35.5. The van der Waals surface area contributed by atoms with Gasteiger partial charge in [-0.05, 0) is 30.6 Å². The molecule has 0 unspecified atom stereocenters. The van der Waals surface area contributed by atoms with Crippen molar-refractivity contribution in [3.8, 4) is 0 Å². The van der Waals surface area contributed by atoms with Crippen molar-refractivity contribution in [1.29, 1.82) is 0 Å². The van der Waals surface area contributed by atoms with Gasteiger partial charge in [-0.15, -0.1) is 0 Å². The Morgan fingerprint density at radius 2 is 2.00 bits per heavy atom. The second-order valence-electron chi connectivity index (χ2n) is 6.08. The van der Waals surface area contributed by atoms with E-state index in [1.165, 1.54) is 0 Å². The van der Waals surface area contributed by atoms with E-state index in [2.05, 4.69) is 46.9 Å². The Bertz CT molecular complexity index is 442. The van der Waals surface area contributed by atoms with Crippen molar-refractivity contribution in [2.24, 2.45) is 5.92 Å². The monoisotopic (exact) mass is 310 g/mol. The minimum atomic E-state index is 0.646. The van der Waals surface area contributed by atoms with Gasteiger partial charge in [0, 0.05) is 38.9 Å². The van der Waals surface area contributed by atoms with Crippen molar-refractivity contribution in [3.05, 3.63) is 22.8 Å². The number of nitrogens with zero attached hydrogens (tertiary/aromatic N) is 3. The molecule has 118 valence electrons. The molecule has 1 aromatic heterocycles. The van der Waals surface area contributed by atoms with Crippen LogP contribution in [-0.4, -0.2) is 49.2 Å². The zero-order valence-corrected chi connectivity index (χ0v) is 14.2. The zero-order valence-electron chi connectivity index (χ0n) is 13.4. The predicted octanol–water partition coefficient (Wildman–Crippen LogP) is 2.62. The van der Waals surface area contributed by atoms with E-state index in [1.54, 1.807) is 6.20 Å². The molecule has 21 heavy (non-hydrogen) atoms. The number of pyridine rings is 1. The number of anilines is 1. The maximum absolute atomic E-state index is 6.27. The lowest BCUT2D eigenvalue weighted by atomic mass is 10.2. The lowest BCUT2D eigenvalue weighted by molar-refractivity contribution is 0.270. The Balaban J connectivity index is 1.98. The summed E-state index contributed by atoms with van der Waals surface area (Å²) in [7, 11) is 0. The Hall–Kier alpha value is -0.840. The van der Waals surface area contributed by atoms with Crippen molar-refractivity contribution < 1.29 is 0 Å². The molecular formula is C16H27ClN4. The number of likely N-dealkylation sites (N-methyl/N-ethyl adjacent to an activating group) is 1. The van der Waals surface area contributed by atoms with E-state index < -0.39 is 0 Å². The largest absolute Gasteiger partial charge is 0.354 e. The highest BCUT2D eigenvalue weighted by Crippen LogP contribution is 2.21. The van der Waals surface area contributed by atoms with Gasteiger partial charge in [0.2, 0.25) is 0 Å². The van der Waals surface area contributed by atoms with Gasteiger partial charge in [0.1, 0.15) is 5.82 Å². The number of nitrogens with one attached hydrogen (secondary N) is 1. The van der Waals surface area contributed by atoms with Crippen molar-refractivity contribution >= 4 is 17.4 Å². The Morgan fingerprint density at radius 3 is 2.62 bits per heavy atom. The summed E-state index contributed by atoms with van der Waals surface area (Å²) >= 11 is 6.27. The molecule has 0 aliphatic carbocycles. The van der Waals surface area contributed by atoms with Crippen LogP contribution < -0.4 is 10.2 Å². The third-order valence-corrected chi connectivity index (χ3v) is 4.27. The normalized spacial score (nSPS) is 16.7. The second kappa shape index (κ2) is 7.97. The van der Waals surface area contributed by atoms with Crippen molar-refractivity contribution in [1.82, 2.24) is 15.2 Å². The fourth-order valence-electron chi connectivity index (χ4n) is 2.56. The molecule has 2 rings (SSSR count). The van der Waals surface area contributed by atoms with E-state index in [4.69, 9.17) is 11.6 Å². The summed E-state index contributed by atoms with van der Waals surface area (Å²) in [5, 5.41) is 4.20. The third-order valence-electron chi connectivity index (χ3n) is 3.93. The average Bonchev–Trinajstić information content (AvgIpc) is 2.49. The average molecular weight is 311 g/mol. The molecule has 0 bridgehead atoms. The molecule has 1 N–H and O–H groups in total. The van der Waals surface area contributed by atoms with Crippen molar-refractivity contribution in [2.45, 2.75) is 27.3 Å². The number of hydrogen-bond acceptors (Lipinski definition) is 4. The molecular weight excluding hydrogens is 284 g/mol. The van der Waals surface area contributed by atoms with Gasteiger partial charge in [-0.3, -0.25) is 0 Å². The number of halogens is 1. The minimum absolute atomic E-state index is 0.646. The first kappa shape index (κ1) is 16.5. The zero-order chi connectivity index (χ0) is 15.2. The van der Waals surface area contributed by atoms with Crippen LogP contribution in [0, 0.1) is 5.92 Å². The van der Waals surface area contributed by atoms with Crippen LogP contribution in [0.1, 0.15) is 26.3 Å². The van der Waals surface area contributed by atoms with E-state index in [9.17, 15) is 0 Å². The van der Waals surface area contributed by atoms with Crippen LogP contribution in [0.4, 0.5) is 5.82 Å². The number of hydrogen-bond donors (Lipinski definition) is 1. The molecule has 0 atom stereocenters. The summed E-state index contributed by atoms with van der Waals surface area (Å²) in [5.74, 6) is 1.70. The van der Waals surface area contributed by atoms with E-state index in [-0.39, 0.29) is 0 Å².